The fourth-order valence-corrected chi connectivity index (χ4v) is 1.77. The Kier molecular flexibility index (Phi) is 13.0. The van der Waals surface area contributed by atoms with Crippen molar-refractivity contribution < 1.29 is 14.3 Å². The van der Waals surface area contributed by atoms with Crippen molar-refractivity contribution in [3.05, 3.63) is 0 Å². The molecule has 2 rings (SSSR count). The van der Waals surface area contributed by atoms with Gasteiger partial charge in [-0.15, -0.1) is 0 Å². The van der Waals surface area contributed by atoms with Gasteiger partial charge < -0.3 is 9.47 Å². The van der Waals surface area contributed by atoms with Crippen LogP contribution in [0.5, 0.6) is 0 Å². The molecule has 0 spiro atoms. The van der Waals surface area contributed by atoms with Crippen LogP contribution in [0, 0.1) is 0 Å². The second-order valence-electron chi connectivity index (χ2n) is 4.37. The first-order valence-corrected chi connectivity index (χ1v) is 6.98. The van der Waals surface area contributed by atoms with E-state index in [9.17, 15) is 4.79 Å². The molecule has 2 aliphatic rings. The summed E-state index contributed by atoms with van der Waals surface area (Å²) in [4.78, 5) is 9.82. The van der Waals surface area contributed by atoms with E-state index in [1.54, 1.807) is 6.92 Å². The van der Waals surface area contributed by atoms with Crippen LogP contribution in [-0.2, 0) is 14.3 Å². The monoisotopic (exact) mass is 244 g/mol. The van der Waals surface area contributed by atoms with Crippen LogP contribution >= 0.6 is 0 Å². The molecule has 0 bridgehead atoms. The maximum Gasteiger partial charge on any atom is 0.302 e. The molecule has 0 aromatic carbocycles. The average Bonchev–Trinajstić information content (AvgIpc) is 2.90. The van der Waals surface area contributed by atoms with E-state index in [0.717, 1.165) is 13.2 Å². The zero-order chi connectivity index (χ0) is 12.8. The number of hydrogen-bond donors (Lipinski definition) is 0. The Morgan fingerprint density at radius 2 is 1.35 bits per heavy atom. The third-order valence-electron chi connectivity index (χ3n) is 2.67. The van der Waals surface area contributed by atoms with Gasteiger partial charge in [0.15, 0.2) is 0 Å². The molecule has 102 valence electrons. The van der Waals surface area contributed by atoms with Gasteiger partial charge in [0.25, 0.3) is 0 Å². The van der Waals surface area contributed by atoms with Crippen LogP contribution < -0.4 is 0 Å². The largest absolute Gasteiger partial charge is 0.466 e. The lowest BCUT2D eigenvalue weighted by Gasteiger charge is -2.05. The molecule has 0 atom stereocenters. The van der Waals surface area contributed by atoms with E-state index in [-0.39, 0.29) is 5.97 Å². The normalized spacial score (nSPS) is 18.2. The first-order chi connectivity index (χ1) is 8.27. The smallest absolute Gasteiger partial charge is 0.302 e. The van der Waals surface area contributed by atoms with E-state index in [4.69, 9.17) is 4.74 Å². The number of carbonyl (C=O) groups excluding carboxylic acids is 1. The summed E-state index contributed by atoms with van der Waals surface area (Å²) in [5.41, 5.74) is 0. The minimum absolute atomic E-state index is 0.211. The number of esters is 1. The lowest BCUT2D eigenvalue weighted by atomic mass is 10.0. The molecule has 0 unspecified atom stereocenters. The SMILES string of the molecule is C1CCCCC1.C1CCOC1.CCOC(C)=O. The van der Waals surface area contributed by atoms with Gasteiger partial charge in [-0.05, 0) is 19.8 Å². The Hall–Kier alpha value is -0.570. The molecular formula is C14H28O3. The molecule has 0 aromatic heterocycles. The Bertz CT molecular complexity index is 142. The molecule has 2 fully saturated rings. The molecule has 3 nitrogen and oxygen atoms in total. The summed E-state index contributed by atoms with van der Waals surface area (Å²) < 4.78 is 9.35. The molecule has 1 aliphatic carbocycles. The number of hydrogen-bond acceptors (Lipinski definition) is 3. The summed E-state index contributed by atoms with van der Waals surface area (Å²) in [5.74, 6) is -0.211. The number of carbonyl (C=O) groups is 1. The first kappa shape index (κ1) is 16.4. The minimum Gasteiger partial charge on any atom is -0.466 e. The Balaban J connectivity index is 0.000000227. The highest BCUT2D eigenvalue weighted by Crippen LogP contribution is 2.15. The highest BCUT2D eigenvalue weighted by atomic mass is 16.5. The third-order valence-corrected chi connectivity index (χ3v) is 2.67. The van der Waals surface area contributed by atoms with Crippen LogP contribution in [0.4, 0.5) is 0 Å². The molecule has 1 saturated heterocycles. The molecule has 0 N–H and O–H groups in total. The zero-order valence-corrected chi connectivity index (χ0v) is 11.5. The van der Waals surface area contributed by atoms with Gasteiger partial charge in [-0.2, -0.15) is 0 Å². The van der Waals surface area contributed by atoms with Crippen LogP contribution in [0.15, 0.2) is 0 Å². The third kappa shape index (κ3) is 15.4. The quantitative estimate of drug-likeness (QED) is 0.660. The fourth-order valence-electron chi connectivity index (χ4n) is 1.77. The van der Waals surface area contributed by atoms with Crippen molar-refractivity contribution in [3.8, 4) is 0 Å². The summed E-state index contributed by atoms with van der Waals surface area (Å²) in [7, 11) is 0. The van der Waals surface area contributed by atoms with Gasteiger partial charge in [0.05, 0.1) is 6.61 Å². The highest BCUT2D eigenvalue weighted by Gasteiger charge is 1.95. The predicted molar refractivity (Wildman–Crippen MR) is 70.1 cm³/mol. The van der Waals surface area contributed by atoms with Gasteiger partial charge in [-0.25, -0.2) is 0 Å². The van der Waals surface area contributed by atoms with E-state index in [1.807, 2.05) is 0 Å². The summed E-state index contributed by atoms with van der Waals surface area (Å²) in [5, 5.41) is 0. The molecule has 0 aromatic rings. The molecule has 17 heavy (non-hydrogen) atoms. The maximum atomic E-state index is 9.82. The van der Waals surface area contributed by atoms with Crippen molar-refractivity contribution in [2.75, 3.05) is 19.8 Å². The van der Waals surface area contributed by atoms with E-state index < -0.39 is 0 Å². The Labute approximate surface area is 106 Å². The number of rotatable bonds is 1. The highest BCUT2D eigenvalue weighted by molar-refractivity contribution is 5.65. The van der Waals surface area contributed by atoms with Gasteiger partial charge >= 0.3 is 5.97 Å². The Morgan fingerprint density at radius 1 is 0.941 bits per heavy atom. The van der Waals surface area contributed by atoms with Crippen molar-refractivity contribution in [2.24, 2.45) is 0 Å². The topological polar surface area (TPSA) is 35.5 Å². The minimum atomic E-state index is -0.211. The second kappa shape index (κ2) is 13.5. The molecule has 0 radical (unpaired) electrons. The van der Waals surface area contributed by atoms with Crippen molar-refractivity contribution in [1.29, 1.82) is 0 Å². The molecular weight excluding hydrogens is 216 g/mol. The van der Waals surface area contributed by atoms with Gasteiger partial charge in [-0.1, -0.05) is 38.5 Å². The Morgan fingerprint density at radius 3 is 1.47 bits per heavy atom. The van der Waals surface area contributed by atoms with Crippen LogP contribution in [0.1, 0.15) is 65.2 Å². The van der Waals surface area contributed by atoms with Gasteiger partial charge in [0, 0.05) is 20.1 Å². The van der Waals surface area contributed by atoms with E-state index in [0.29, 0.717) is 6.61 Å². The molecule has 1 saturated carbocycles. The van der Waals surface area contributed by atoms with Crippen LogP contribution in [0.3, 0.4) is 0 Å². The van der Waals surface area contributed by atoms with E-state index in [2.05, 4.69) is 4.74 Å². The molecule has 3 heteroatoms. The molecule has 1 aliphatic heterocycles. The van der Waals surface area contributed by atoms with Crippen molar-refractivity contribution in [1.82, 2.24) is 0 Å². The maximum absolute atomic E-state index is 9.82. The predicted octanol–water partition coefficient (Wildman–Crippen LogP) is 3.71. The number of ether oxygens (including phenoxy) is 2. The lowest BCUT2D eigenvalue weighted by molar-refractivity contribution is -0.140. The van der Waals surface area contributed by atoms with Crippen molar-refractivity contribution in [3.63, 3.8) is 0 Å². The van der Waals surface area contributed by atoms with Gasteiger partial charge in [0.2, 0.25) is 0 Å². The second-order valence-corrected chi connectivity index (χ2v) is 4.37. The van der Waals surface area contributed by atoms with Gasteiger partial charge in [-0.3, -0.25) is 4.79 Å². The lowest BCUT2D eigenvalue weighted by Crippen LogP contribution is -1.95. The fraction of sp³-hybridized carbons (Fsp3) is 0.929. The van der Waals surface area contributed by atoms with Crippen molar-refractivity contribution >= 4 is 5.97 Å². The summed E-state index contributed by atoms with van der Waals surface area (Å²) in [6.07, 6.45) is 11.6. The molecule has 1 heterocycles. The van der Waals surface area contributed by atoms with E-state index >= 15 is 0 Å². The molecule has 0 amide bonds. The summed E-state index contributed by atoms with van der Waals surface area (Å²) in [6, 6.07) is 0. The van der Waals surface area contributed by atoms with Crippen LogP contribution in [0.2, 0.25) is 0 Å². The standard InChI is InChI=1S/C6H12.C4H8O2.C4H8O/c1-2-4-6-5-3-1;1-3-6-4(2)5;1-2-4-5-3-1/h1-6H2;3H2,1-2H3;1-4H2. The first-order valence-electron chi connectivity index (χ1n) is 6.98. The van der Waals surface area contributed by atoms with Gasteiger partial charge in [0.1, 0.15) is 0 Å². The summed E-state index contributed by atoms with van der Waals surface area (Å²) >= 11 is 0. The van der Waals surface area contributed by atoms with E-state index in [1.165, 1.54) is 58.3 Å². The zero-order valence-electron chi connectivity index (χ0n) is 11.5. The van der Waals surface area contributed by atoms with Crippen LogP contribution in [0.25, 0.3) is 0 Å². The van der Waals surface area contributed by atoms with Crippen molar-refractivity contribution in [2.45, 2.75) is 65.2 Å². The summed E-state index contributed by atoms with van der Waals surface area (Å²) in [6.45, 7) is 5.65. The van der Waals surface area contributed by atoms with Crippen LogP contribution in [-0.4, -0.2) is 25.8 Å². The average molecular weight is 244 g/mol.